The summed E-state index contributed by atoms with van der Waals surface area (Å²) in [5.41, 5.74) is 1.89. The molecular weight excluding hydrogens is 342 g/mol. The summed E-state index contributed by atoms with van der Waals surface area (Å²) >= 11 is 5.83. The molecule has 1 heterocycles. The van der Waals surface area contributed by atoms with Gasteiger partial charge in [0.25, 0.3) is 5.91 Å². The molecule has 1 atom stereocenters. The number of aliphatic imine (C=N–C) groups is 1. The maximum atomic E-state index is 12.7. The number of nitrogens with zero attached hydrogens (tertiary/aromatic N) is 2. The van der Waals surface area contributed by atoms with Crippen molar-refractivity contribution in [2.24, 2.45) is 10.9 Å². The third-order valence-corrected chi connectivity index (χ3v) is 4.02. The molecule has 0 aliphatic carbocycles. The lowest BCUT2D eigenvalue weighted by Crippen LogP contribution is -2.58. The zero-order chi connectivity index (χ0) is 18.0. The van der Waals surface area contributed by atoms with Crippen LogP contribution in [0.15, 0.2) is 53.5 Å². The lowest BCUT2D eigenvalue weighted by molar-refractivity contribution is -0.131. The number of rotatable bonds is 3. The molecule has 25 heavy (non-hydrogen) atoms. The fourth-order valence-corrected chi connectivity index (χ4v) is 2.55. The number of aryl methyl sites for hydroxylation is 1. The number of amides is 4. The topological polar surface area (TPSA) is 78.8 Å². The maximum absolute atomic E-state index is 12.7. The zero-order valence-electron chi connectivity index (χ0n) is 13.3. The smallest absolute Gasteiger partial charge is 0.276 e. The molecule has 0 aromatic heterocycles. The van der Waals surface area contributed by atoms with E-state index in [1.54, 1.807) is 18.2 Å². The second-order valence-corrected chi connectivity index (χ2v) is 5.92. The van der Waals surface area contributed by atoms with E-state index in [4.69, 9.17) is 11.6 Å². The molecular formula is C18H14ClN3O3. The number of hydrogen-bond acceptors (Lipinski definition) is 4. The third kappa shape index (κ3) is 3.44. The van der Waals surface area contributed by atoms with Gasteiger partial charge in [-0.2, -0.15) is 0 Å². The number of carbonyl (C=O) groups excluding carboxylic acids is 3. The largest absolute Gasteiger partial charge is 0.335 e. The van der Waals surface area contributed by atoms with Crippen LogP contribution in [0.1, 0.15) is 5.56 Å². The molecule has 3 rings (SSSR count). The van der Waals surface area contributed by atoms with E-state index in [2.05, 4.69) is 10.3 Å². The summed E-state index contributed by atoms with van der Waals surface area (Å²) in [4.78, 5) is 41.9. The first kappa shape index (κ1) is 16.9. The van der Waals surface area contributed by atoms with Crippen LogP contribution >= 0.6 is 11.6 Å². The number of nitrogens with one attached hydrogen (secondary N) is 1. The van der Waals surface area contributed by atoms with Gasteiger partial charge >= 0.3 is 6.03 Å². The molecule has 6 nitrogen and oxygen atoms in total. The highest BCUT2D eigenvalue weighted by Gasteiger charge is 2.40. The highest BCUT2D eigenvalue weighted by Crippen LogP contribution is 2.23. The van der Waals surface area contributed by atoms with E-state index >= 15 is 0 Å². The molecule has 2 aromatic rings. The molecule has 4 amide bonds. The van der Waals surface area contributed by atoms with Crippen LogP contribution in [-0.2, 0) is 9.59 Å². The molecule has 0 unspecified atom stereocenters. The highest BCUT2D eigenvalue weighted by atomic mass is 35.5. The molecule has 2 aromatic carbocycles. The molecule has 126 valence electrons. The Morgan fingerprint density at radius 3 is 2.44 bits per heavy atom. The van der Waals surface area contributed by atoms with E-state index in [1.807, 2.05) is 25.1 Å². The second kappa shape index (κ2) is 6.86. The van der Waals surface area contributed by atoms with Gasteiger partial charge in [-0.1, -0.05) is 29.8 Å². The van der Waals surface area contributed by atoms with Gasteiger partial charge in [-0.15, -0.1) is 0 Å². The average Bonchev–Trinajstić information content (AvgIpc) is 2.57. The predicted octanol–water partition coefficient (Wildman–Crippen LogP) is 3.25. The number of barbiturate groups is 1. The van der Waals surface area contributed by atoms with Crippen molar-refractivity contribution < 1.29 is 14.4 Å². The Labute approximate surface area is 149 Å². The summed E-state index contributed by atoms with van der Waals surface area (Å²) in [5.74, 6) is -2.54. The van der Waals surface area contributed by atoms with E-state index in [1.165, 1.54) is 18.3 Å². The van der Waals surface area contributed by atoms with Gasteiger partial charge in [0.15, 0.2) is 5.92 Å². The van der Waals surface area contributed by atoms with Crippen molar-refractivity contribution in [1.29, 1.82) is 0 Å². The zero-order valence-corrected chi connectivity index (χ0v) is 14.0. The molecule has 1 aliphatic rings. The molecule has 1 aliphatic heterocycles. The van der Waals surface area contributed by atoms with Crippen molar-refractivity contribution >= 4 is 47.0 Å². The summed E-state index contributed by atoms with van der Waals surface area (Å²) in [6.07, 6.45) is 1.26. The molecule has 0 spiro atoms. The Morgan fingerprint density at radius 1 is 1.08 bits per heavy atom. The minimum Gasteiger partial charge on any atom is -0.276 e. The number of anilines is 1. The van der Waals surface area contributed by atoms with Gasteiger partial charge in [0, 0.05) is 11.2 Å². The number of halogens is 1. The van der Waals surface area contributed by atoms with Crippen molar-refractivity contribution in [2.75, 3.05) is 4.90 Å². The Balaban J connectivity index is 1.90. The van der Waals surface area contributed by atoms with Gasteiger partial charge < -0.3 is 0 Å². The van der Waals surface area contributed by atoms with Gasteiger partial charge in [-0.05, 0) is 42.8 Å². The average molecular weight is 356 g/mol. The number of hydrogen-bond donors (Lipinski definition) is 1. The van der Waals surface area contributed by atoms with Crippen LogP contribution in [0.5, 0.6) is 0 Å². The number of para-hydroxylation sites is 1. The summed E-state index contributed by atoms with van der Waals surface area (Å²) in [6, 6.07) is 12.7. The first-order valence-electron chi connectivity index (χ1n) is 7.51. The number of benzene rings is 2. The van der Waals surface area contributed by atoms with Crippen molar-refractivity contribution in [3.63, 3.8) is 0 Å². The summed E-state index contributed by atoms with van der Waals surface area (Å²) < 4.78 is 0. The number of carbonyl (C=O) groups is 3. The fourth-order valence-electron chi connectivity index (χ4n) is 2.42. The molecule has 0 radical (unpaired) electrons. The van der Waals surface area contributed by atoms with Crippen molar-refractivity contribution in [2.45, 2.75) is 6.92 Å². The van der Waals surface area contributed by atoms with Gasteiger partial charge in [0.2, 0.25) is 5.91 Å². The lowest BCUT2D eigenvalue weighted by Gasteiger charge is -2.28. The van der Waals surface area contributed by atoms with Crippen LogP contribution < -0.4 is 10.2 Å². The highest BCUT2D eigenvalue weighted by molar-refractivity contribution is 6.33. The maximum Gasteiger partial charge on any atom is 0.335 e. The van der Waals surface area contributed by atoms with E-state index in [0.717, 1.165) is 10.5 Å². The van der Waals surface area contributed by atoms with Crippen LogP contribution in [0.3, 0.4) is 0 Å². The van der Waals surface area contributed by atoms with Gasteiger partial charge in [0.05, 0.1) is 11.4 Å². The third-order valence-electron chi connectivity index (χ3n) is 3.77. The van der Waals surface area contributed by atoms with Crippen LogP contribution in [0.2, 0.25) is 5.02 Å². The summed E-state index contributed by atoms with van der Waals surface area (Å²) in [7, 11) is 0. The SMILES string of the molecule is Cc1ccccc1N=C[C@@H]1C(=O)NC(=O)N(c2ccc(Cl)cc2)C1=O. The predicted molar refractivity (Wildman–Crippen MR) is 95.3 cm³/mol. The number of imide groups is 2. The summed E-state index contributed by atoms with van der Waals surface area (Å²) in [5, 5.41) is 2.65. The van der Waals surface area contributed by atoms with Gasteiger partial charge in [-0.3, -0.25) is 19.9 Å². The molecule has 0 saturated carbocycles. The Bertz CT molecular complexity index is 877. The van der Waals surface area contributed by atoms with Crippen molar-refractivity contribution in [1.82, 2.24) is 5.32 Å². The quantitative estimate of drug-likeness (QED) is 0.678. The van der Waals surface area contributed by atoms with Crippen LogP contribution in [0.25, 0.3) is 0 Å². The van der Waals surface area contributed by atoms with E-state index < -0.39 is 23.8 Å². The molecule has 7 heteroatoms. The molecule has 0 bridgehead atoms. The lowest BCUT2D eigenvalue weighted by atomic mass is 10.1. The first-order valence-corrected chi connectivity index (χ1v) is 7.89. The van der Waals surface area contributed by atoms with E-state index in [-0.39, 0.29) is 0 Å². The van der Waals surface area contributed by atoms with Crippen LogP contribution in [-0.4, -0.2) is 24.1 Å². The van der Waals surface area contributed by atoms with Crippen LogP contribution in [0.4, 0.5) is 16.2 Å². The van der Waals surface area contributed by atoms with Gasteiger partial charge in [-0.25, -0.2) is 9.69 Å². The molecule has 1 saturated heterocycles. The molecule has 1 N–H and O–H groups in total. The van der Waals surface area contributed by atoms with Crippen molar-refractivity contribution in [3.05, 3.63) is 59.1 Å². The van der Waals surface area contributed by atoms with Gasteiger partial charge in [0.1, 0.15) is 0 Å². The standard InChI is InChI=1S/C18H14ClN3O3/c1-11-4-2-3-5-15(11)20-10-14-16(23)21-18(25)22(17(14)24)13-8-6-12(19)7-9-13/h2-10,14H,1H3,(H,21,23,25)/t14-/m1/s1. The van der Waals surface area contributed by atoms with Crippen LogP contribution in [0, 0.1) is 12.8 Å². The normalized spacial score (nSPS) is 17.9. The molecule has 1 fully saturated rings. The Hall–Kier alpha value is -2.99. The number of urea groups is 1. The Kier molecular flexibility index (Phi) is 4.63. The van der Waals surface area contributed by atoms with E-state index in [0.29, 0.717) is 16.4 Å². The van der Waals surface area contributed by atoms with Crippen molar-refractivity contribution in [3.8, 4) is 0 Å². The minimum absolute atomic E-state index is 0.327. The fraction of sp³-hybridized carbons (Fsp3) is 0.111. The van der Waals surface area contributed by atoms with E-state index in [9.17, 15) is 14.4 Å². The first-order chi connectivity index (χ1) is 12.0. The monoisotopic (exact) mass is 355 g/mol. The second-order valence-electron chi connectivity index (χ2n) is 5.49. The Morgan fingerprint density at radius 2 is 1.76 bits per heavy atom. The summed E-state index contributed by atoms with van der Waals surface area (Å²) in [6.45, 7) is 1.87. The minimum atomic E-state index is -1.19.